The van der Waals surface area contributed by atoms with Gasteiger partial charge in [0.2, 0.25) is 5.91 Å². The molecule has 0 radical (unpaired) electrons. The molecular formula is C14H27N3O. The standard InChI is InChI=1S/C14H27N3O/c1-10(2)16-14(18)11(3)17-9-5-7-13(17)12-6-4-8-15-12/h10-13,15H,4-9H2,1-3H3,(H,16,18). The number of hydrogen-bond donors (Lipinski definition) is 2. The summed E-state index contributed by atoms with van der Waals surface area (Å²) in [5.41, 5.74) is 0. The average Bonchev–Trinajstić information content (AvgIpc) is 2.97. The molecule has 0 aromatic heterocycles. The second kappa shape index (κ2) is 6.02. The molecule has 0 aromatic rings. The summed E-state index contributed by atoms with van der Waals surface area (Å²) in [5.74, 6) is 0.176. The highest BCUT2D eigenvalue weighted by Crippen LogP contribution is 2.26. The molecule has 2 heterocycles. The van der Waals surface area contributed by atoms with Gasteiger partial charge in [0.05, 0.1) is 6.04 Å². The van der Waals surface area contributed by atoms with Gasteiger partial charge in [-0.2, -0.15) is 0 Å². The van der Waals surface area contributed by atoms with E-state index in [0.29, 0.717) is 12.1 Å². The summed E-state index contributed by atoms with van der Waals surface area (Å²) in [6.45, 7) is 8.29. The van der Waals surface area contributed by atoms with Crippen LogP contribution in [0, 0.1) is 0 Å². The van der Waals surface area contributed by atoms with Crippen LogP contribution in [0.5, 0.6) is 0 Å². The highest BCUT2D eigenvalue weighted by molar-refractivity contribution is 5.81. The van der Waals surface area contributed by atoms with Crippen LogP contribution in [0.1, 0.15) is 46.5 Å². The highest BCUT2D eigenvalue weighted by Gasteiger charge is 2.37. The third-order valence-electron chi connectivity index (χ3n) is 4.21. The van der Waals surface area contributed by atoms with Crippen LogP contribution in [-0.4, -0.2) is 48.1 Å². The number of nitrogens with zero attached hydrogens (tertiary/aromatic N) is 1. The van der Waals surface area contributed by atoms with Crippen LogP contribution in [0.3, 0.4) is 0 Å². The Kier molecular flexibility index (Phi) is 4.62. The molecule has 2 saturated heterocycles. The van der Waals surface area contributed by atoms with Crippen LogP contribution in [0.2, 0.25) is 0 Å². The Bertz CT molecular complexity index is 287. The molecule has 2 rings (SSSR count). The molecule has 0 saturated carbocycles. The van der Waals surface area contributed by atoms with Gasteiger partial charge in [-0.3, -0.25) is 9.69 Å². The Labute approximate surface area is 110 Å². The van der Waals surface area contributed by atoms with Gasteiger partial charge in [-0.15, -0.1) is 0 Å². The molecule has 0 bridgehead atoms. The predicted octanol–water partition coefficient (Wildman–Crippen LogP) is 1.12. The number of hydrogen-bond acceptors (Lipinski definition) is 3. The number of amides is 1. The molecule has 104 valence electrons. The molecular weight excluding hydrogens is 226 g/mol. The number of nitrogens with one attached hydrogen (secondary N) is 2. The van der Waals surface area contributed by atoms with Gasteiger partial charge >= 0.3 is 0 Å². The van der Waals surface area contributed by atoms with Crippen molar-refractivity contribution in [3.63, 3.8) is 0 Å². The van der Waals surface area contributed by atoms with Crippen molar-refractivity contribution in [2.75, 3.05) is 13.1 Å². The third kappa shape index (κ3) is 3.04. The molecule has 4 heteroatoms. The molecule has 0 spiro atoms. The largest absolute Gasteiger partial charge is 0.353 e. The summed E-state index contributed by atoms with van der Waals surface area (Å²) in [5, 5.41) is 6.62. The summed E-state index contributed by atoms with van der Waals surface area (Å²) in [7, 11) is 0. The monoisotopic (exact) mass is 253 g/mol. The van der Waals surface area contributed by atoms with E-state index in [4.69, 9.17) is 0 Å². The first kappa shape index (κ1) is 13.8. The van der Waals surface area contributed by atoms with Crippen molar-refractivity contribution in [3.05, 3.63) is 0 Å². The number of likely N-dealkylation sites (tertiary alicyclic amines) is 1. The first-order valence-corrected chi connectivity index (χ1v) is 7.39. The predicted molar refractivity (Wildman–Crippen MR) is 73.5 cm³/mol. The summed E-state index contributed by atoms with van der Waals surface area (Å²) in [6.07, 6.45) is 5.00. The fourth-order valence-electron chi connectivity index (χ4n) is 3.32. The fraction of sp³-hybridized carbons (Fsp3) is 0.929. The molecule has 3 atom stereocenters. The van der Waals surface area contributed by atoms with Crippen molar-refractivity contribution in [3.8, 4) is 0 Å². The molecule has 2 fully saturated rings. The Morgan fingerprint density at radius 2 is 2.06 bits per heavy atom. The maximum absolute atomic E-state index is 12.1. The van der Waals surface area contributed by atoms with Crippen LogP contribution >= 0.6 is 0 Å². The van der Waals surface area contributed by atoms with E-state index < -0.39 is 0 Å². The highest BCUT2D eigenvalue weighted by atomic mass is 16.2. The SMILES string of the molecule is CC(C)NC(=O)C(C)N1CCCC1C1CCCN1. The minimum atomic E-state index is 0.00213. The van der Waals surface area contributed by atoms with Crippen molar-refractivity contribution in [1.82, 2.24) is 15.5 Å². The summed E-state index contributed by atoms with van der Waals surface area (Å²) < 4.78 is 0. The summed E-state index contributed by atoms with van der Waals surface area (Å²) in [4.78, 5) is 14.5. The Morgan fingerprint density at radius 1 is 1.28 bits per heavy atom. The fourth-order valence-corrected chi connectivity index (χ4v) is 3.32. The van der Waals surface area contributed by atoms with E-state index in [1.54, 1.807) is 0 Å². The summed E-state index contributed by atoms with van der Waals surface area (Å²) in [6, 6.07) is 1.38. The maximum Gasteiger partial charge on any atom is 0.237 e. The van der Waals surface area contributed by atoms with E-state index in [0.717, 1.165) is 13.1 Å². The van der Waals surface area contributed by atoms with Crippen molar-refractivity contribution in [1.29, 1.82) is 0 Å². The van der Waals surface area contributed by atoms with Gasteiger partial charge in [0.25, 0.3) is 0 Å². The van der Waals surface area contributed by atoms with Gasteiger partial charge in [0, 0.05) is 18.1 Å². The normalized spacial score (nSPS) is 30.9. The van der Waals surface area contributed by atoms with Crippen LogP contribution in [0.4, 0.5) is 0 Å². The first-order chi connectivity index (χ1) is 8.59. The lowest BCUT2D eigenvalue weighted by molar-refractivity contribution is -0.126. The lowest BCUT2D eigenvalue weighted by Crippen LogP contribution is -2.53. The Balaban J connectivity index is 1.95. The average molecular weight is 253 g/mol. The van der Waals surface area contributed by atoms with E-state index >= 15 is 0 Å². The van der Waals surface area contributed by atoms with Crippen molar-refractivity contribution in [2.24, 2.45) is 0 Å². The van der Waals surface area contributed by atoms with Crippen molar-refractivity contribution in [2.45, 2.75) is 70.6 Å². The van der Waals surface area contributed by atoms with E-state index in [9.17, 15) is 4.79 Å². The number of carbonyl (C=O) groups is 1. The molecule has 0 aromatic carbocycles. The molecule has 18 heavy (non-hydrogen) atoms. The molecule has 3 unspecified atom stereocenters. The molecule has 2 N–H and O–H groups in total. The van der Waals surface area contributed by atoms with E-state index in [-0.39, 0.29) is 18.0 Å². The topological polar surface area (TPSA) is 44.4 Å². The smallest absolute Gasteiger partial charge is 0.237 e. The quantitative estimate of drug-likeness (QED) is 0.789. The molecule has 2 aliphatic rings. The molecule has 4 nitrogen and oxygen atoms in total. The lowest BCUT2D eigenvalue weighted by atomic mass is 10.0. The zero-order valence-corrected chi connectivity index (χ0v) is 11.9. The van der Waals surface area contributed by atoms with Crippen LogP contribution in [0.25, 0.3) is 0 Å². The minimum absolute atomic E-state index is 0.00213. The molecule has 2 aliphatic heterocycles. The zero-order chi connectivity index (χ0) is 13.1. The second-order valence-electron chi connectivity index (χ2n) is 5.99. The lowest BCUT2D eigenvalue weighted by Gasteiger charge is -2.33. The van der Waals surface area contributed by atoms with Crippen LogP contribution < -0.4 is 10.6 Å². The van der Waals surface area contributed by atoms with Crippen LogP contribution in [-0.2, 0) is 4.79 Å². The second-order valence-corrected chi connectivity index (χ2v) is 5.99. The maximum atomic E-state index is 12.1. The first-order valence-electron chi connectivity index (χ1n) is 7.39. The molecule has 1 amide bonds. The minimum Gasteiger partial charge on any atom is -0.353 e. The van der Waals surface area contributed by atoms with Gasteiger partial charge in [-0.1, -0.05) is 0 Å². The number of rotatable bonds is 4. The van der Waals surface area contributed by atoms with Gasteiger partial charge in [0.15, 0.2) is 0 Å². The van der Waals surface area contributed by atoms with Crippen molar-refractivity contribution < 1.29 is 4.79 Å². The van der Waals surface area contributed by atoms with E-state index in [2.05, 4.69) is 15.5 Å². The van der Waals surface area contributed by atoms with Crippen molar-refractivity contribution >= 4 is 5.91 Å². The van der Waals surface area contributed by atoms with Crippen LogP contribution in [0.15, 0.2) is 0 Å². The third-order valence-corrected chi connectivity index (χ3v) is 4.21. The van der Waals surface area contributed by atoms with Gasteiger partial charge < -0.3 is 10.6 Å². The molecule has 0 aliphatic carbocycles. The van der Waals surface area contributed by atoms with Gasteiger partial charge in [-0.25, -0.2) is 0 Å². The van der Waals surface area contributed by atoms with Gasteiger partial charge in [0.1, 0.15) is 0 Å². The Morgan fingerprint density at radius 3 is 2.67 bits per heavy atom. The zero-order valence-electron chi connectivity index (χ0n) is 11.9. The number of carbonyl (C=O) groups excluding carboxylic acids is 1. The van der Waals surface area contributed by atoms with Gasteiger partial charge in [-0.05, 0) is 59.5 Å². The van der Waals surface area contributed by atoms with E-state index in [1.165, 1.54) is 25.7 Å². The van der Waals surface area contributed by atoms with E-state index in [1.807, 2.05) is 20.8 Å². The Hall–Kier alpha value is -0.610. The summed E-state index contributed by atoms with van der Waals surface area (Å²) >= 11 is 0.